The lowest BCUT2D eigenvalue weighted by atomic mass is 10.2. The molecule has 1 aliphatic heterocycles. The topological polar surface area (TPSA) is 84.7 Å². The summed E-state index contributed by atoms with van der Waals surface area (Å²) < 4.78 is 7.76. The lowest BCUT2D eigenvalue weighted by Gasteiger charge is -2.30. The molecule has 1 fully saturated rings. The van der Waals surface area contributed by atoms with Crippen LogP contribution in [0.3, 0.4) is 0 Å². The molecule has 3 rings (SSSR count). The summed E-state index contributed by atoms with van der Waals surface area (Å²) in [5.74, 6) is -1.29. The first-order chi connectivity index (χ1) is 11.5. The third-order valence-electron chi connectivity index (χ3n) is 3.92. The molecule has 126 valence electrons. The lowest BCUT2D eigenvalue weighted by Crippen LogP contribution is -2.48. The fraction of sp³-hybridized carbons (Fsp3) is 0.312. The van der Waals surface area contributed by atoms with E-state index < -0.39 is 12.1 Å². The van der Waals surface area contributed by atoms with E-state index in [2.05, 4.69) is 21.0 Å². The summed E-state index contributed by atoms with van der Waals surface area (Å²) >= 11 is 3.42. The maximum absolute atomic E-state index is 12.7. The zero-order valence-electron chi connectivity index (χ0n) is 13.0. The van der Waals surface area contributed by atoms with Crippen LogP contribution < -0.4 is 0 Å². The van der Waals surface area contributed by atoms with Gasteiger partial charge in [0.25, 0.3) is 5.91 Å². The van der Waals surface area contributed by atoms with Crippen molar-refractivity contribution in [2.45, 2.75) is 13.0 Å². The molecule has 1 aliphatic rings. The molecule has 7 nitrogen and oxygen atoms in total. The van der Waals surface area contributed by atoms with Gasteiger partial charge in [0.1, 0.15) is 0 Å². The number of hydrogen-bond acceptors (Lipinski definition) is 4. The molecule has 1 atom stereocenters. The smallest absolute Gasteiger partial charge is 0.334 e. The van der Waals surface area contributed by atoms with Gasteiger partial charge in [0.15, 0.2) is 6.10 Å². The number of aromatic nitrogens is 2. The van der Waals surface area contributed by atoms with Crippen LogP contribution in [-0.2, 0) is 9.53 Å². The normalized spacial score (nSPS) is 17.8. The number of aliphatic carboxylic acids is 1. The van der Waals surface area contributed by atoms with Crippen molar-refractivity contribution in [3.05, 3.63) is 46.2 Å². The fourth-order valence-electron chi connectivity index (χ4n) is 2.64. The van der Waals surface area contributed by atoms with Crippen LogP contribution >= 0.6 is 15.9 Å². The molecule has 0 bridgehead atoms. The molecule has 0 aliphatic carbocycles. The summed E-state index contributed by atoms with van der Waals surface area (Å²) in [6, 6.07) is 7.60. The van der Waals surface area contributed by atoms with Gasteiger partial charge in [0.05, 0.1) is 36.3 Å². The molecule has 8 heteroatoms. The van der Waals surface area contributed by atoms with Gasteiger partial charge in [-0.15, -0.1) is 0 Å². The molecule has 0 radical (unpaired) electrons. The number of morpholine rings is 1. The first-order valence-corrected chi connectivity index (χ1v) is 8.21. The number of halogens is 1. The van der Waals surface area contributed by atoms with Crippen molar-refractivity contribution in [1.29, 1.82) is 0 Å². The van der Waals surface area contributed by atoms with Gasteiger partial charge in [-0.2, -0.15) is 5.10 Å². The Morgan fingerprint density at radius 1 is 1.42 bits per heavy atom. The van der Waals surface area contributed by atoms with Crippen LogP contribution in [0.15, 0.2) is 34.9 Å². The van der Waals surface area contributed by atoms with Crippen LogP contribution in [0.1, 0.15) is 16.1 Å². The number of rotatable bonds is 3. The average Bonchev–Trinajstić information content (AvgIpc) is 2.96. The number of carboxylic acid groups (broad SMARTS) is 1. The van der Waals surface area contributed by atoms with Crippen molar-refractivity contribution in [2.24, 2.45) is 0 Å². The number of carboxylic acids is 1. The molecule has 1 amide bonds. The zero-order chi connectivity index (χ0) is 17.3. The van der Waals surface area contributed by atoms with E-state index in [4.69, 9.17) is 9.84 Å². The Kier molecular flexibility index (Phi) is 4.68. The zero-order valence-corrected chi connectivity index (χ0v) is 14.6. The second kappa shape index (κ2) is 6.74. The summed E-state index contributed by atoms with van der Waals surface area (Å²) in [6.45, 7) is 2.43. The Hall–Kier alpha value is -2.19. The fourth-order valence-corrected chi connectivity index (χ4v) is 3.03. The summed E-state index contributed by atoms with van der Waals surface area (Å²) in [6.07, 6.45) is 0.534. The summed E-state index contributed by atoms with van der Waals surface area (Å²) in [5, 5.41) is 13.4. The molecule has 0 saturated carbocycles. The van der Waals surface area contributed by atoms with Crippen LogP contribution in [0.25, 0.3) is 5.69 Å². The maximum atomic E-state index is 12.7. The van der Waals surface area contributed by atoms with E-state index in [0.717, 1.165) is 10.2 Å². The molecule has 1 aromatic carbocycles. The molecule has 1 saturated heterocycles. The monoisotopic (exact) mass is 393 g/mol. The molecular weight excluding hydrogens is 378 g/mol. The van der Waals surface area contributed by atoms with E-state index in [1.165, 1.54) is 11.1 Å². The average molecular weight is 394 g/mol. The Labute approximate surface area is 147 Å². The second-order valence-electron chi connectivity index (χ2n) is 5.48. The molecule has 1 N–H and O–H groups in total. The van der Waals surface area contributed by atoms with E-state index in [1.54, 1.807) is 4.68 Å². The number of hydrogen-bond donors (Lipinski definition) is 1. The largest absolute Gasteiger partial charge is 0.479 e. The maximum Gasteiger partial charge on any atom is 0.334 e. The van der Waals surface area contributed by atoms with Crippen LogP contribution in [0.4, 0.5) is 0 Å². The summed E-state index contributed by atoms with van der Waals surface area (Å²) in [4.78, 5) is 25.3. The standard InChI is InChI=1S/C16H16BrN3O4/c1-10-13(8-18-20(10)12-4-2-3-11(17)7-12)15(21)19-5-6-24-14(9-19)16(22)23/h2-4,7-8,14H,5-6,9H2,1H3,(H,22,23). The van der Waals surface area contributed by atoms with E-state index >= 15 is 0 Å². The van der Waals surface area contributed by atoms with E-state index in [1.807, 2.05) is 31.2 Å². The third-order valence-corrected chi connectivity index (χ3v) is 4.42. The van der Waals surface area contributed by atoms with Crippen molar-refractivity contribution in [1.82, 2.24) is 14.7 Å². The van der Waals surface area contributed by atoms with Crippen molar-refractivity contribution in [3.8, 4) is 5.69 Å². The van der Waals surface area contributed by atoms with E-state index in [-0.39, 0.29) is 19.1 Å². The van der Waals surface area contributed by atoms with Gasteiger partial charge in [-0.3, -0.25) is 4.79 Å². The molecule has 24 heavy (non-hydrogen) atoms. The number of carbonyl (C=O) groups is 2. The van der Waals surface area contributed by atoms with Crippen molar-refractivity contribution >= 4 is 27.8 Å². The number of ether oxygens (including phenoxy) is 1. The SMILES string of the molecule is Cc1c(C(=O)N2CCOC(C(=O)O)C2)cnn1-c1cccc(Br)c1. The number of amides is 1. The summed E-state index contributed by atoms with van der Waals surface area (Å²) in [5.41, 5.74) is 2.00. The first kappa shape index (κ1) is 16.7. The quantitative estimate of drug-likeness (QED) is 0.860. The minimum absolute atomic E-state index is 0.0374. The van der Waals surface area contributed by atoms with E-state index in [0.29, 0.717) is 17.8 Å². The third kappa shape index (κ3) is 3.20. The van der Waals surface area contributed by atoms with Crippen LogP contribution in [0, 0.1) is 6.92 Å². The predicted molar refractivity (Wildman–Crippen MR) is 89.3 cm³/mol. The van der Waals surface area contributed by atoms with Crippen LogP contribution in [0.5, 0.6) is 0 Å². The highest BCUT2D eigenvalue weighted by molar-refractivity contribution is 9.10. The Bertz CT molecular complexity index is 789. The lowest BCUT2D eigenvalue weighted by molar-refractivity contribution is -0.154. The van der Waals surface area contributed by atoms with Gasteiger partial charge in [0, 0.05) is 11.0 Å². The molecule has 2 aromatic rings. The van der Waals surface area contributed by atoms with E-state index in [9.17, 15) is 9.59 Å². The molecule has 0 spiro atoms. The van der Waals surface area contributed by atoms with Crippen molar-refractivity contribution in [2.75, 3.05) is 19.7 Å². The van der Waals surface area contributed by atoms with Crippen LogP contribution in [0.2, 0.25) is 0 Å². The highest BCUT2D eigenvalue weighted by Gasteiger charge is 2.30. The minimum Gasteiger partial charge on any atom is -0.479 e. The molecule has 1 unspecified atom stereocenters. The van der Waals surface area contributed by atoms with Gasteiger partial charge < -0.3 is 14.7 Å². The second-order valence-corrected chi connectivity index (χ2v) is 6.40. The highest BCUT2D eigenvalue weighted by Crippen LogP contribution is 2.20. The number of nitrogens with zero attached hydrogens (tertiary/aromatic N) is 3. The molecular formula is C16H16BrN3O4. The van der Waals surface area contributed by atoms with Gasteiger partial charge in [-0.1, -0.05) is 22.0 Å². The summed E-state index contributed by atoms with van der Waals surface area (Å²) in [7, 11) is 0. The first-order valence-electron chi connectivity index (χ1n) is 7.41. The van der Waals surface area contributed by atoms with Gasteiger partial charge >= 0.3 is 5.97 Å². The van der Waals surface area contributed by atoms with Gasteiger partial charge in [-0.25, -0.2) is 9.48 Å². The molecule has 2 heterocycles. The Balaban J connectivity index is 1.85. The highest BCUT2D eigenvalue weighted by atomic mass is 79.9. The number of carbonyl (C=O) groups excluding carboxylic acids is 1. The Morgan fingerprint density at radius 2 is 2.21 bits per heavy atom. The van der Waals surface area contributed by atoms with Gasteiger partial charge in [0.2, 0.25) is 0 Å². The Morgan fingerprint density at radius 3 is 2.92 bits per heavy atom. The number of benzene rings is 1. The molecule has 1 aromatic heterocycles. The van der Waals surface area contributed by atoms with Crippen molar-refractivity contribution < 1.29 is 19.4 Å². The van der Waals surface area contributed by atoms with Gasteiger partial charge in [-0.05, 0) is 25.1 Å². The predicted octanol–water partition coefficient (Wildman–Crippen LogP) is 1.87. The minimum atomic E-state index is -1.06. The van der Waals surface area contributed by atoms with Crippen LogP contribution in [-0.4, -0.2) is 57.5 Å². The van der Waals surface area contributed by atoms with Crippen molar-refractivity contribution in [3.63, 3.8) is 0 Å².